The van der Waals surface area contributed by atoms with Crippen LogP contribution in [0.1, 0.15) is 39.5 Å². The average molecular weight is 214 g/mol. The molecular weight excluding hydrogens is 192 g/mol. The van der Waals surface area contributed by atoms with Gasteiger partial charge in [0.2, 0.25) is 0 Å². The lowest BCUT2D eigenvalue weighted by atomic mass is 9.99. The van der Waals surface area contributed by atoms with Gasteiger partial charge in [0.25, 0.3) is 0 Å². The van der Waals surface area contributed by atoms with Gasteiger partial charge >= 0.3 is 5.97 Å². The summed E-state index contributed by atoms with van der Waals surface area (Å²) in [6, 6.07) is 0.689. The highest BCUT2D eigenvalue weighted by atomic mass is 16.4. The maximum Gasteiger partial charge on any atom is 0.323 e. The van der Waals surface area contributed by atoms with Crippen LogP contribution < -0.4 is 5.73 Å². The van der Waals surface area contributed by atoms with Gasteiger partial charge in [-0.25, -0.2) is 0 Å². The van der Waals surface area contributed by atoms with E-state index in [0.29, 0.717) is 12.5 Å². The minimum atomic E-state index is -1.08. The first-order valence-electron chi connectivity index (χ1n) is 5.73. The van der Waals surface area contributed by atoms with E-state index in [-0.39, 0.29) is 0 Å². The standard InChI is InChI=1S/C11H22N2O2/c1-3-7-13(9-4-5-9)8-6-11(2,12)10(14)15/h9H,3-8,12H2,1-2H3,(H,14,15). The molecule has 0 aromatic heterocycles. The van der Waals surface area contributed by atoms with E-state index >= 15 is 0 Å². The minimum Gasteiger partial charge on any atom is -0.480 e. The lowest BCUT2D eigenvalue weighted by Gasteiger charge is -2.26. The van der Waals surface area contributed by atoms with Crippen LogP contribution >= 0.6 is 0 Å². The Hall–Kier alpha value is -0.610. The number of carbonyl (C=O) groups is 1. The van der Waals surface area contributed by atoms with Gasteiger partial charge in [-0.05, 0) is 39.2 Å². The van der Waals surface area contributed by atoms with Crippen molar-refractivity contribution in [2.24, 2.45) is 5.73 Å². The van der Waals surface area contributed by atoms with E-state index in [1.165, 1.54) is 12.8 Å². The van der Waals surface area contributed by atoms with E-state index in [0.717, 1.165) is 19.5 Å². The predicted octanol–water partition coefficient (Wildman–Crippen LogP) is 1.05. The zero-order valence-electron chi connectivity index (χ0n) is 9.70. The summed E-state index contributed by atoms with van der Waals surface area (Å²) >= 11 is 0. The topological polar surface area (TPSA) is 66.6 Å². The summed E-state index contributed by atoms with van der Waals surface area (Å²) < 4.78 is 0. The van der Waals surface area contributed by atoms with Gasteiger partial charge in [-0.1, -0.05) is 6.92 Å². The number of nitrogens with zero attached hydrogens (tertiary/aromatic N) is 1. The summed E-state index contributed by atoms with van der Waals surface area (Å²) in [5.41, 5.74) is 4.62. The van der Waals surface area contributed by atoms with Gasteiger partial charge in [0, 0.05) is 12.6 Å². The smallest absolute Gasteiger partial charge is 0.323 e. The molecule has 4 nitrogen and oxygen atoms in total. The van der Waals surface area contributed by atoms with Crippen LogP contribution in [0.3, 0.4) is 0 Å². The van der Waals surface area contributed by atoms with Crippen molar-refractivity contribution < 1.29 is 9.90 Å². The molecule has 1 fully saturated rings. The number of carboxylic acids is 1. The summed E-state index contributed by atoms with van der Waals surface area (Å²) in [5, 5.41) is 8.89. The maximum absolute atomic E-state index is 10.8. The van der Waals surface area contributed by atoms with E-state index in [1.54, 1.807) is 6.92 Å². The fourth-order valence-electron chi connectivity index (χ4n) is 1.69. The number of aliphatic carboxylic acids is 1. The summed E-state index contributed by atoms with van der Waals surface area (Å²) in [4.78, 5) is 13.2. The van der Waals surface area contributed by atoms with E-state index in [9.17, 15) is 4.79 Å². The molecule has 0 aromatic rings. The zero-order valence-corrected chi connectivity index (χ0v) is 9.70. The lowest BCUT2D eigenvalue weighted by Crippen LogP contribution is -2.47. The molecule has 1 aliphatic carbocycles. The maximum atomic E-state index is 10.8. The average Bonchev–Trinajstić information content (AvgIpc) is 2.95. The number of hydrogen-bond acceptors (Lipinski definition) is 3. The van der Waals surface area contributed by atoms with Crippen molar-refractivity contribution in [3.8, 4) is 0 Å². The summed E-state index contributed by atoms with van der Waals surface area (Å²) in [6.45, 7) is 5.60. The van der Waals surface area contributed by atoms with E-state index in [1.807, 2.05) is 0 Å². The van der Waals surface area contributed by atoms with Gasteiger partial charge in [0.05, 0.1) is 0 Å². The van der Waals surface area contributed by atoms with Crippen molar-refractivity contribution in [2.45, 2.75) is 51.1 Å². The Morgan fingerprint density at radius 1 is 1.53 bits per heavy atom. The Kier molecular flexibility index (Phi) is 4.11. The monoisotopic (exact) mass is 214 g/mol. The highest BCUT2D eigenvalue weighted by molar-refractivity contribution is 5.77. The third-order valence-corrected chi connectivity index (χ3v) is 2.98. The van der Waals surface area contributed by atoms with Crippen LogP contribution in [-0.2, 0) is 4.79 Å². The number of nitrogens with two attached hydrogens (primary N) is 1. The Labute approximate surface area is 91.4 Å². The molecule has 0 aliphatic heterocycles. The SMILES string of the molecule is CCCN(CCC(C)(N)C(=O)O)C1CC1. The molecule has 0 radical (unpaired) electrons. The van der Waals surface area contributed by atoms with Crippen LogP contribution in [0.25, 0.3) is 0 Å². The van der Waals surface area contributed by atoms with Crippen LogP contribution in [0.15, 0.2) is 0 Å². The Balaban J connectivity index is 2.35. The fourth-order valence-corrected chi connectivity index (χ4v) is 1.69. The molecule has 0 bridgehead atoms. The molecule has 15 heavy (non-hydrogen) atoms. The van der Waals surface area contributed by atoms with Crippen LogP contribution in [0.2, 0.25) is 0 Å². The molecule has 1 unspecified atom stereocenters. The van der Waals surface area contributed by atoms with Crippen LogP contribution in [0.4, 0.5) is 0 Å². The third-order valence-electron chi connectivity index (χ3n) is 2.98. The van der Waals surface area contributed by atoms with Crippen molar-refractivity contribution >= 4 is 5.97 Å². The van der Waals surface area contributed by atoms with Gasteiger partial charge in [-0.3, -0.25) is 4.79 Å². The third kappa shape index (κ3) is 3.80. The van der Waals surface area contributed by atoms with Crippen molar-refractivity contribution in [3.63, 3.8) is 0 Å². The van der Waals surface area contributed by atoms with Crippen LogP contribution in [0.5, 0.6) is 0 Å². The first-order chi connectivity index (χ1) is 6.97. The number of rotatable bonds is 7. The quantitative estimate of drug-likeness (QED) is 0.665. The molecule has 1 rings (SSSR count). The zero-order chi connectivity index (χ0) is 11.5. The van der Waals surface area contributed by atoms with Crippen LogP contribution in [0, 0.1) is 0 Å². The molecule has 0 saturated heterocycles. The molecular formula is C11H22N2O2. The Bertz CT molecular complexity index is 225. The Morgan fingerprint density at radius 3 is 2.53 bits per heavy atom. The fraction of sp³-hybridized carbons (Fsp3) is 0.909. The summed E-state index contributed by atoms with van der Waals surface area (Å²) in [5.74, 6) is -0.908. The molecule has 0 aromatic carbocycles. The first kappa shape index (κ1) is 12.5. The lowest BCUT2D eigenvalue weighted by molar-refractivity contribution is -0.143. The minimum absolute atomic E-state index is 0.527. The molecule has 1 saturated carbocycles. The second-order valence-corrected chi connectivity index (χ2v) is 4.74. The predicted molar refractivity (Wildman–Crippen MR) is 59.7 cm³/mol. The van der Waals surface area contributed by atoms with Gasteiger partial charge in [-0.15, -0.1) is 0 Å². The van der Waals surface area contributed by atoms with Crippen molar-refractivity contribution in [1.82, 2.24) is 4.90 Å². The highest BCUT2D eigenvalue weighted by Crippen LogP contribution is 2.27. The van der Waals surface area contributed by atoms with Crippen molar-refractivity contribution in [1.29, 1.82) is 0 Å². The Morgan fingerprint density at radius 2 is 2.13 bits per heavy atom. The molecule has 0 spiro atoms. The molecule has 1 aliphatic rings. The summed E-state index contributed by atoms with van der Waals surface area (Å²) in [6.07, 6.45) is 4.16. The molecule has 3 N–H and O–H groups in total. The molecule has 4 heteroatoms. The molecule has 88 valence electrons. The van der Waals surface area contributed by atoms with Gasteiger partial charge in [0.1, 0.15) is 5.54 Å². The normalized spacial score (nSPS) is 20.3. The van der Waals surface area contributed by atoms with Gasteiger partial charge < -0.3 is 15.7 Å². The van der Waals surface area contributed by atoms with Crippen molar-refractivity contribution in [2.75, 3.05) is 13.1 Å². The van der Waals surface area contributed by atoms with Gasteiger partial charge in [-0.2, -0.15) is 0 Å². The van der Waals surface area contributed by atoms with Crippen LogP contribution in [-0.4, -0.2) is 40.6 Å². The first-order valence-corrected chi connectivity index (χ1v) is 5.73. The second kappa shape index (κ2) is 4.94. The molecule has 1 atom stereocenters. The second-order valence-electron chi connectivity index (χ2n) is 4.74. The van der Waals surface area contributed by atoms with Gasteiger partial charge in [0.15, 0.2) is 0 Å². The largest absolute Gasteiger partial charge is 0.480 e. The molecule has 0 heterocycles. The van der Waals surface area contributed by atoms with Crippen molar-refractivity contribution in [3.05, 3.63) is 0 Å². The van der Waals surface area contributed by atoms with E-state index in [2.05, 4.69) is 11.8 Å². The molecule has 0 amide bonds. The summed E-state index contributed by atoms with van der Waals surface area (Å²) in [7, 11) is 0. The van der Waals surface area contributed by atoms with E-state index in [4.69, 9.17) is 10.8 Å². The number of carboxylic acid groups (broad SMARTS) is 1. The highest BCUT2D eigenvalue weighted by Gasteiger charge is 2.32. The number of hydrogen-bond donors (Lipinski definition) is 2. The van der Waals surface area contributed by atoms with E-state index < -0.39 is 11.5 Å².